The largest absolute Gasteiger partial charge is 0.491 e. The Kier molecular flexibility index (Phi) is 18.6. The maximum Gasteiger partial charge on any atom is 0.417 e. The van der Waals surface area contributed by atoms with Gasteiger partial charge in [-0.3, -0.25) is 33.8 Å². The van der Waals surface area contributed by atoms with E-state index in [4.69, 9.17) is 44.4 Å². The Hall–Kier alpha value is -6.13. The molecule has 18 nitrogen and oxygen atoms in total. The van der Waals surface area contributed by atoms with Gasteiger partial charge in [0.05, 0.1) is 35.9 Å². The summed E-state index contributed by atoms with van der Waals surface area (Å²) in [7, 11) is -2.21. The Labute approximate surface area is 422 Å². The number of benzene rings is 2. The predicted octanol–water partition coefficient (Wildman–Crippen LogP) is 7.44. The van der Waals surface area contributed by atoms with E-state index in [1.807, 2.05) is 0 Å². The second kappa shape index (κ2) is 23.6. The van der Waals surface area contributed by atoms with E-state index < -0.39 is 116 Å². The lowest BCUT2D eigenvalue weighted by atomic mass is 9.79. The molecule has 3 fully saturated rings. The number of rotatable bonds is 19. The van der Waals surface area contributed by atoms with Crippen LogP contribution in [0.15, 0.2) is 67.8 Å². The molecule has 2 aromatic carbocycles. The first-order valence-electron chi connectivity index (χ1n) is 23.3. The van der Waals surface area contributed by atoms with E-state index in [0.29, 0.717) is 29.7 Å². The zero-order valence-electron chi connectivity index (χ0n) is 41.4. The number of alkyl halides is 3. The molecule has 4 atom stereocenters. The molecule has 0 aliphatic carbocycles. The van der Waals surface area contributed by atoms with E-state index in [0.717, 1.165) is 21.9 Å². The lowest BCUT2D eigenvalue weighted by Gasteiger charge is -2.47. The van der Waals surface area contributed by atoms with Crippen molar-refractivity contribution in [3.05, 3.63) is 83.9 Å². The van der Waals surface area contributed by atoms with Crippen molar-refractivity contribution in [3.63, 3.8) is 0 Å². The topological polar surface area (TPSA) is 197 Å². The van der Waals surface area contributed by atoms with Crippen molar-refractivity contribution in [1.29, 1.82) is 0 Å². The highest BCUT2D eigenvalue weighted by atomic mass is 35.5. The molecule has 3 heterocycles. The lowest BCUT2D eigenvalue weighted by Crippen LogP contribution is -2.69. The van der Waals surface area contributed by atoms with E-state index in [-0.39, 0.29) is 62.7 Å². The zero-order chi connectivity index (χ0) is 53.3. The van der Waals surface area contributed by atoms with Gasteiger partial charge in [0.1, 0.15) is 44.3 Å². The zero-order valence-corrected chi connectivity index (χ0v) is 43.2. The van der Waals surface area contributed by atoms with Gasteiger partial charge >= 0.3 is 36.3 Å². The van der Waals surface area contributed by atoms with Crippen molar-refractivity contribution in [1.82, 2.24) is 14.7 Å². The van der Waals surface area contributed by atoms with Crippen molar-refractivity contribution in [2.24, 2.45) is 5.41 Å². The number of amides is 4. The van der Waals surface area contributed by atoms with Crippen LogP contribution in [0.3, 0.4) is 0 Å². The molecule has 5 rings (SSSR count). The number of halogens is 4. The minimum atomic E-state index is -4.97. The third-order valence-corrected chi connectivity index (χ3v) is 17.7. The maximum atomic E-state index is 14.6. The average molecular weight is 1050 g/mol. The first kappa shape index (κ1) is 56.8. The van der Waals surface area contributed by atoms with Crippen LogP contribution in [0.4, 0.5) is 28.4 Å². The second-order valence-electron chi connectivity index (χ2n) is 18.8. The average Bonchev–Trinajstić information content (AvgIpc) is 3.91. The lowest BCUT2D eigenvalue weighted by molar-refractivity contribution is -0.188. The molecular weight excluding hydrogens is 989 g/mol. The minimum Gasteiger partial charge on any atom is -0.491 e. The summed E-state index contributed by atoms with van der Waals surface area (Å²) in [6, 6.07) is 6.34. The maximum absolute atomic E-state index is 14.6. The van der Waals surface area contributed by atoms with Crippen LogP contribution in [0.1, 0.15) is 63.4 Å². The fraction of sp³-hybridized carbons (Fsp3) is 0.531. The van der Waals surface area contributed by atoms with E-state index in [1.54, 1.807) is 4.90 Å². The summed E-state index contributed by atoms with van der Waals surface area (Å²) < 4.78 is 81.3. The van der Waals surface area contributed by atoms with Gasteiger partial charge in [0.2, 0.25) is 5.91 Å². The Bertz CT molecular complexity index is 2340. The van der Waals surface area contributed by atoms with E-state index in [9.17, 15) is 46.7 Å². The molecule has 3 aliphatic heterocycles. The Morgan fingerprint density at radius 2 is 1.49 bits per heavy atom. The predicted molar refractivity (Wildman–Crippen MR) is 258 cm³/mol. The quantitative estimate of drug-likeness (QED) is 0.0443. The minimum absolute atomic E-state index is 0.0135. The molecule has 0 bridgehead atoms. The number of esters is 3. The van der Waals surface area contributed by atoms with Gasteiger partial charge in [0.25, 0.3) is 5.91 Å². The molecule has 0 saturated carbocycles. The van der Waals surface area contributed by atoms with Gasteiger partial charge in [0, 0.05) is 43.9 Å². The van der Waals surface area contributed by atoms with E-state index >= 15 is 0 Å². The number of nitrogens with zero attached hydrogens (tertiary/aromatic N) is 4. The fourth-order valence-corrected chi connectivity index (χ4v) is 9.70. The first-order chi connectivity index (χ1) is 33.8. The summed E-state index contributed by atoms with van der Waals surface area (Å²) in [5.74, 6) is -4.17. The van der Waals surface area contributed by atoms with E-state index in [1.165, 1.54) is 50.3 Å². The highest BCUT2D eigenvalue weighted by molar-refractivity contribution is 6.74. The van der Waals surface area contributed by atoms with Gasteiger partial charge in [-0.1, -0.05) is 57.7 Å². The van der Waals surface area contributed by atoms with Crippen LogP contribution < -0.4 is 9.64 Å². The first-order valence-corrected chi connectivity index (χ1v) is 26.6. The molecule has 4 amide bonds. The van der Waals surface area contributed by atoms with Crippen molar-refractivity contribution in [2.45, 2.75) is 96.1 Å². The van der Waals surface area contributed by atoms with Gasteiger partial charge in [-0.2, -0.15) is 13.2 Å². The summed E-state index contributed by atoms with van der Waals surface area (Å²) in [6.45, 7) is 18.4. The fourth-order valence-electron chi connectivity index (χ4n) is 8.11. The van der Waals surface area contributed by atoms with Gasteiger partial charge in [-0.05, 0) is 80.9 Å². The number of hydrogen-bond acceptors (Lipinski definition) is 14. The monoisotopic (exact) mass is 1050 g/mol. The van der Waals surface area contributed by atoms with Gasteiger partial charge in [0.15, 0.2) is 13.7 Å². The number of carbonyl (C=O) groups is 7. The summed E-state index contributed by atoms with van der Waals surface area (Å²) in [5, 5.41) is -0.768. The Morgan fingerprint density at radius 3 is 2.06 bits per heavy atom. The van der Waals surface area contributed by atoms with Gasteiger partial charge < -0.3 is 42.6 Å². The molecule has 0 spiro atoms. The van der Waals surface area contributed by atoms with Crippen LogP contribution in [0.2, 0.25) is 23.2 Å². The SMILES string of the molecule is C=CCOC(=O)CN(C(=O)O[C@H]1CCN(C(=O)c2ccc(OC[C@@H]3C[C@@H](O[Si](C)(C)C(C)(C)C)CN3C(=O)OCC=C)cc2)[C@@H]1C(=O)N1CC(C(=O)OCC)(C(=O)OCC)C1)c1ccc(Cl)c(C(F)(F)F)c1. The second-order valence-corrected chi connectivity index (χ2v) is 24.0. The molecule has 0 N–H and O–H groups in total. The van der Waals surface area contributed by atoms with Gasteiger partial charge in [-0.15, -0.1) is 0 Å². The Morgan fingerprint density at radius 1 is 0.875 bits per heavy atom. The highest BCUT2D eigenvalue weighted by Gasteiger charge is 2.61. The van der Waals surface area contributed by atoms with Crippen LogP contribution in [-0.4, -0.2) is 155 Å². The molecule has 0 aromatic heterocycles. The van der Waals surface area contributed by atoms with Crippen molar-refractivity contribution in [3.8, 4) is 5.75 Å². The molecule has 3 aliphatic rings. The van der Waals surface area contributed by atoms with Crippen LogP contribution >= 0.6 is 11.6 Å². The van der Waals surface area contributed by atoms with Crippen LogP contribution in [0.5, 0.6) is 5.75 Å². The number of carbonyl (C=O) groups excluding carboxylic acids is 7. The Balaban J connectivity index is 1.42. The van der Waals surface area contributed by atoms with Crippen LogP contribution in [0, 0.1) is 5.41 Å². The molecule has 394 valence electrons. The van der Waals surface area contributed by atoms with Crippen LogP contribution in [-0.2, 0) is 53.5 Å². The summed E-state index contributed by atoms with van der Waals surface area (Å²) >= 11 is 5.86. The van der Waals surface area contributed by atoms with Crippen molar-refractivity contribution < 1.29 is 79.6 Å². The number of hydrogen-bond donors (Lipinski definition) is 0. The smallest absolute Gasteiger partial charge is 0.417 e. The third-order valence-electron chi connectivity index (χ3n) is 12.9. The number of ether oxygens (including phenoxy) is 6. The van der Waals surface area contributed by atoms with E-state index in [2.05, 4.69) is 47.0 Å². The van der Waals surface area contributed by atoms with Crippen LogP contribution in [0.25, 0.3) is 0 Å². The van der Waals surface area contributed by atoms with Crippen molar-refractivity contribution in [2.75, 3.05) is 70.7 Å². The summed E-state index contributed by atoms with van der Waals surface area (Å²) in [4.78, 5) is 99.9. The molecule has 0 unspecified atom stereocenters. The normalized spacial score (nSPS) is 19.6. The summed E-state index contributed by atoms with van der Waals surface area (Å²) in [5.41, 5.74) is -3.62. The number of likely N-dealkylation sites (tertiary alicyclic amines) is 3. The number of anilines is 1. The molecule has 3 saturated heterocycles. The summed E-state index contributed by atoms with van der Waals surface area (Å²) in [6.07, 6.45) is -5.66. The van der Waals surface area contributed by atoms with Crippen molar-refractivity contribution >= 4 is 67.5 Å². The molecule has 0 radical (unpaired) electrons. The highest BCUT2D eigenvalue weighted by Crippen LogP contribution is 2.41. The molecule has 2 aromatic rings. The van der Waals surface area contributed by atoms with Gasteiger partial charge in [-0.25, -0.2) is 9.59 Å². The third kappa shape index (κ3) is 13.1. The molecule has 72 heavy (non-hydrogen) atoms. The standard InChI is InChI=1S/C49H62ClF3N4O14Si/c1-10-22-67-39(58)27-57(32-16-19-37(50)36(25-32)49(51,52)53)46(64)70-38-20-21-55(40(38)42(60)54-29-48(30-54,43(61)65-12-3)44(62)66-13-4)41(59)31-14-17-34(18-15-31)69-28-33-24-35(71-72(8,9)47(5,6)7)26-56(33)45(63)68-23-11-2/h10-11,14-19,25,33,35,38,40H,1-2,12-13,20-24,26-30H2,3-9H3/t33-,35+,38-,40-/m0/s1. The molecule has 23 heteroatoms. The molecular formula is C49H62ClF3N4O14Si.